The van der Waals surface area contributed by atoms with Gasteiger partial charge in [0.25, 0.3) is 0 Å². The minimum Gasteiger partial charge on any atom is -0.343 e. The van der Waals surface area contributed by atoms with Crippen molar-refractivity contribution in [3.63, 3.8) is 0 Å². The summed E-state index contributed by atoms with van der Waals surface area (Å²) in [6.07, 6.45) is 4.46. The van der Waals surface area contributed by atoms with Crippen molar-refractivity contribution >= 4 is 5.78 Å². The minimum atomic E-state index is -1.13. The fourth-order valence-electron chi connectivity index (χ4n) is 2.11. The Morgan fingerprint density at radius 1 is 0.952 bits per heavy atom. The lowest BCUT2D eigenvalue weighted by molar-refractivity contribution is -0.204. The van der Waals surface area contributed by atoms with Crippen molar-refractivity contribution in [2.75, 3.05) is 13.2 Å². The van der Waals surface area contributed by atoms with E-state index in [-0.39, 0.29) is 5.78 Å². The fourth-order valence-corrected chi connectivity index (χ4v) is 2.11. The van der Waals surface area contributed by atoms with Crippen LogP contribution >= 0.6 is 0 Å². The highest BCUT2D eigenvalue weighted by molar-refractivity contribution is 6.01. The Bertz CT molecular complexity index is 390. The van der Waals surface area contributed by atoms with Crippen molar-refractivity contribution in [1.82, 2.24) is 0 Å². The quantitative estimate of drug-likeness (QED) is 0.339. The van der Waals surface area contributed by atoms with Crippen LogP contribution in [0.4, 0.5) is 0 Å². The van der Waals surface area contributed by atoms with E-state index in [2.05, 4.69) is 13.8 Å². The summed E-state index contributed by atoms with van der Waals surface area (Å²) in [5.74, 6) is -1.20. The van der Waals surface area contributed by atoms with Crippen LogP contribution < -0.4 is 0 Å². The number of Topliss-reactive ketones (excluding diaryl/α,β-unsaturated/α-hetero) is 1. The van der Waals surface area contributed by atoms with Crippen LogP contribution in [-0.2, 0) is 9.47 Å². The van der Waals surface area contributed by atoms with Gasteiger partial charge in [-0.15, -0.1) is 0 Å². The Hall–Kier alpha value is -1.19. The number of rotatable bonds is 11. The van der Waals surface area contributed by atoms with E-state index in [0.29, 0.717) is 25.2 Å². The van der Waals surface area contributed by atoms with E-state index in [9.17, 15) is 4.79 Å². The van der Waals surface area contributed by atoms with E-state index >= 15 is 0 Å². The van der Waals surface area contributed by atoms with E-state index in [0.717, 1.165) is 25.7 Å². The third-order valence-electron chi connectivity index (χ3n) is 3.51. The molecule has 1 aromatic carbocycles. The van der Waals surface area contributed by atoms with Crippen LogP contribution in [0.25, 0.3) is 0 Å². The molecule has 0 amide bonds. The highest BCUT2D eigenvalue weighted by Crippen LogP contribution is 2.25. The molecule has 0 spiro atoms. The molecule has 0 saturated heterocycles. The summed E-state index contributed by atoms with van der Waals surface area (Å²) in [4.78, 5) is 12.8. The molecule has 3 nitrogen and oxygen atoms in total. The molecule has 0 fully saturated rings. The second-order valence-corrected chi connectivity index (χ2v) is 5.21. The maximum atomic E-state index is 12.8. The summed E-state index contributed by atoms with van der Waals surface area (Å²) in [6, 6.07) is 9.27. The summed E-state index contributed by atoms with van der Waals surface area (Å²) < 4.78 is 11.8. The van der Waals surface area contributed by atoms with Gasteiger partial charge in [0.15, 0.2) is 0 Å². The number of hydrogen-bond donors (Lipinski definition) is 0. The van der Waals surface area contributed by atoms with Gasteiger partial charge < -0.3 is 9.47 Å². The van der Waals surface area contributed by atoms with Crippen LogP contribution in [0, 0.1) is 0 Å². The molecule has 0 N–H and O–H groups in total. The van der Waals surface area contributed by atoms with Crippen molar-refractivity contribution in [2.24, 2.45) is 0 Å². The van der Waals surface area contributed by atoms with E-state index < -0.39 is 5.79 Å². The van der Waals surface area contributed by atoms with E-state index in [1.807, 2.05) is 37.3 Å². The average Bonchev–Trinajstić information content (AvgIpc) is 2.54. The van der Waals surface area contributed by atoms with E-state index in [4.69, 9.17) is 9.47 Å². The van der Waals surface area contributed by atoms with Gasteiger partial charge in [0.2, 0.25) is 11.6 Å². The number of ketones is 1. The first kappa shape index (κ1) is 17.9. The van der Waals surface area contributed by atoms with Gasteiger partial charge in [-0.3, -0.25) is 4.79 Å². The van der Waals surface area contributed by atoms with Crippen LogP contribution in [0.2, 0.25) is 0 Å². The van der Waals surface area contributed by atoms with Gasteiger partial charge in [0.05, 0.1) is 13.2 Å². The lowest BCUT2D eigenvalue weighted by Gasteiger charge is -2.31. The standard InChI is InChI=1S/C18H28O3/c1-4-7-14-20-18(6-3,21-15-8-5-2)17(19)16-12-10-9-11-13-16/h9-13H,4-8,14-15H2,1-3H3. The largest absolute Gasteiger partial charge is 0.343 e. The zero-order chi connectivity index (χ0) is 15.6. The highest BCUT2D eigenvalue weighted by Gasteiger charge is 2.39. The zero-order valence-corrected chi connectivity index (χ0v) is 13.6. The van der Waals surface area contributed by atoms with Crippen LogP contribution in [0.5, 0.6) is 0 Å². The van der Waals surface area contributed by atoms with Crippen molar-refractivity contribution in [2.45, 2.75) is 58.7 Å². The van der Waals surface area contributed by atoms with Gasteiger partial charge in [-0.1, -0.05) is 63.9 Å². The third-order valence-corrected chi connectivity index (χ3v) is 3.51. The first-order valence-corrected chi connectivity index (χ1v) is 8.08. The summed E-state index contributed by atoms with van der Waals surface area (Å²) in [5.41, 5.74) is 0.646. The highest BCUT2D eigenvalue weighted by atomic mass is 16.7. The molecule has 21 heavy (non-hydrogen) atoms. The van der Waals surface area contributed by atoms with Crippen LogP contribution in [0.15, 0.2) is 30.3 Å². The summed E-state index contributed by atoms with van der Waals surface area (Å²) in [5, 5.41) is 0. The molecule has 0 aliphatic carbocycles. The molecule has 1 aromatic rings. The van der Waals surface area contributed by atoms with Crippen LogP contribution in [-0.4, -0.2) is 24.8 Å². The number of carbonyl (C=O) groups excluding carboxylic acids is 1. The van der Waals surface area contributed by atoms with E-state index in [1.165, 1.54) is 0 Å². The van der Waals surface area contributed by atoms with Crippen molar-refractivity contribution in [3.8, 4) is 0 Å². The fraction of sp³-hybridized carbons (Fsp3) is 0.611. The molecule has 0 aliphatic heterocycles. The normalized spacial score (nSPS) is 11.6. The SMILES string of the molecule is CCCCOC(CC)(OCCCC)C(=O)c1ccccc1. The predicted octanol–water partition coefficient (Wildman–Crippen LogP) is 4.61. The second kappa shape index (κ2) is 9.69. The monoisotopic (exact) mass is 292 g/mol. The van der Waals surface area contributed by atoms with Gasteiger partial charge >= 0.3 is 0 Å². The Morgan fingerprint density at radius 3 is 1.90 bits per heavy atom. The average molecular weight is 292 g/mol. The first-order valence-electron chi connectivity index (χ1n) is 8.08. The number of carbonyl (C=O) groups is 1. The Kier molecular flexibility index (Phi) is 8.24. The minimum absolute atomic E-state index is 0.0715. The molecule has 0 aromatic heterocycles. The molecule has 1 rings (SSSR count). The number of benzene rings is 1. The summed E-state index contributed by atoms with van der Waals surface area (Å²) >= 11 is 0. The molecule has 0 heterocycles. The summed E-state index contributed by atoms with van der Waals surface area (Å²) in [6.45, 7) is 7.25. The Labute approximate surface area is 128 Å². The smallest absolute Gasteiger partial charge is 0.233 e. The molecule has 0 unspecified atom stereocenters. The molecular weight excluding hydrogens is 264 g/mol. The summed E-state index contributed by atoms with van der Waals surface area (Å²) in [7, 11) is 0. The van der Waals surface area contributed by atoms with Crippen LogP contribution in [0.1, 0.15) is 63.2 Å². The molecule has 0 saturated carbocycles. The second-order valence-electron chi connectivity index (χ2n) is 5.21. The molecular formula is C18H28O3. The lowest BCUT2D eigenvalue weighted by Crippen LogP contribution is -2.44. The molecule has 0 atom stereocenters. The van der Waals surface area contributed by atoms with Crippen molar-refractivity contribution in [1.29, 1.82) is 0 Å². The third kappa shape index (κ3) is 5.25. The van der Waals surface area contributed by atoms with Crippen molar-refractivity contribution < 1.29 is 14.3 Å². The van der Waals surface area contributed by atoms with E-state index in [1.54, 1.807) is 0 Å². The number of ether oxygens (including phenoxy) is 2. The van der Waals surface area contributed by atoms with Crippen molar-refractivity contribution in [3.05, 3.63) is 35.9 Å². The van der Waals surface area contributed by atoms with Gasteiger partial charge in [0, 0.05) is 12.0 Å². The lowest BCUT2D eigenvalue weighted by atomic mass is 10.0. The molecule has 0 aliphatic rings. The number of unbranched alkanes of at least 4 members (excludes halogenated alkanes) is 2. The Balaban J connectivity index is 2.89. The molecule has 0 bridgehead atoms. The predicted molar refractivity (Wildman–Crippen MR) is 85.5 cm³/mol. The van der Waals surface area contributed by atoms with Crippen LogP contribution in [0.3, 0.4) is 0 Å². The molecule has 0 radical (unpaired) electrons. The molecule has 118 valence electrons. The maximum Gasteiger partial charge on any atom is 0.233 e. The van der Waals surface area contributed by atoms with Gasteiger partial charge in [-0.2, -0.15) is 0 Å². The first-order chi connectivity index (χ1) is 10.2. The van der Waals surface area contributed by atoms with Gasteiger partial charge in [-0.05, 0) is 12.8 Å². The Morgan fingerprint density at radius 2 is 1.48 bits per heavy atom. The number of hydrogen-bond acceptors (Lipinski definition) is 3. The van der Waals surface area contributed by atoms with Gasteiger partial charge in [-0.25, -0.2) is 0 Å². The van der Waals surface area contributed by atoms with Gasteiger partial charge in [0.1, 0.15) is 0 Å². The topological polar surface area (TPSA) is 35.5 Å². The molecule has 3 heteroatoms. The maximum absolute atomic E-state index is 12.8. The zero-order valence-electron chi connectivity index (χ0n) is 13.6.